The maximum Gasteiger partial charge on any atom is 0.276 e. The molecule has 0 atom stereocenters. The van der Waals surface area contributed by atoms with E-state index in [4.69, 9.17) is 4.42 Å². The van der Waals surface area contributed by atoms with Gasteiger partial charge in [-0.1, -0.05) is 42.1 Å². The van der Waals surface area contributed by atoms with Crippen molar-refractivity contribution in [3.8, 4) is 0 Å². The minimum atomic E-state index is 0.646. The van der Waals surface area contributed by atoms with Gasteiger partial charge in [0.2, 0.25) is 5.89 Å². The standard InChI is InChI=1S/C11H12N2OS2/c1-15-8-10-12-13-11(14-10)16-7-9-5-3-2-4-6-9/h2-6H,7-8H2,1H3. The summed E-state index contributed by atoms with van der Waals surface area (Å²) in [6.45, 7) is 0. The van der Waals surface area contributed by atoms with Crippen LogP contribution in [0.3, 0.4) is 0 Å². The first-order chi connectivity index (χ1) is 7.88. The molecule has 0 amide bonds. The average molecular weight is 252 g/mol. The smallest absolute Gasteiger partial charge is 0.276 e. The van der Waals surface area contributed by atoms with Crippen LogP contribution >= 0.6 is 23.5 Å². The third-order valence-corrected chi connectivity index (χ3v) is 3.35. The number of hydrogen-bond acceptors (Lipinski definition) is 5. The van der Waals surface area contributed by atoms with E-state index in [2.05, 4.69) is 22.3 Å². The third kappa shape index (κ3) is 3.28. The van der Waals surface area contributed by atoms with Crippen molar-refractivity contribution in [2.75, 3.05) is 6.26 Å². The first kappa shape index (κ1) is 11.5. The van der Waals surface area contributed by atoms with Gasteiger partial charge in [0, 0.05) is 5.75 Å². The molecule has 0 saturated carbocycles. The van der Waals surface area contributed by atoms with Crippen LogP contribution < -0.4 is 0 Å². The Balaban J connectivity index is 1.89. The Morgan fingerprint density at radius 3 is 2.69 bits per heavy atom. The maximum atomic E-state index is 5.47. The predicted octanol–water partition coefficient (Wildman–Crippen LogP) is 3.22. The summed E-state index contributed by atoms with van der Waals surface area (Å²) in [7, 11) is 0. The Morgan fingerprint density at radius 1 is 1.12 bits per heavy atom. The zero-order chi connectivity index (χ0) is 11.2. The van der Waals surface area contributed by atoms with E-state index in [1.807, 2.05) is 24.5 Å². The Kier molecular flexibility index (Phi) is 4.30. The second kappa shape index (κ2) is 5.96. The van der Waals surface area contributed by atoms with Crippen molar-refractivity contribution in [2.45, 2.75) is 16.7 Å². The lowest BCUT2D eigenvalue weighted by molar-refractivity contribution is 0.426. The fourth-order valence-corrected chi connectivity index (χ4v) is 2.30. The zero-order valence-electron chi connectivity index (χ0n) is 8.92. The summed E-state index contributed by atoms with van der Waals surface area (Å²) >= 11 is 3.25. The molecule has 0 N–H and O–H groups in total. The molecule has 16 heavy (non-hydrogen) atoms. The fraction of sp³-hybridized carbons (Fsp3) is 0.273. The molecular weight excluding hydrogens is 240 g/mol. The minimum Gasteiger partial charge on any atom is -0.415 e. The lowest BCUT2D eigenvalue weighted by atomic mass is 10.2. The molecule has 1 aromatic heterocycles. The van der Waals surface area contributed by atoms with E-state index >= 15 is 0 Å². The van der Waals surface area contributed by atoms with Gasteiger partial charge in [0.05, 0.1) is 5.75 Å². The zero-order valence-corrected chi connectivity index (χ0v) is 10.6. The van der Waals surface area contributed by atoms with E-state index in [-0.39, 0.29) is 0 Å². The lowest BCUT2D eigenvalue weighted by Crippen LogP contribution is -1.79. The van der Waals surface area contributed by atoms with Gasteiger partial charge in [-0.25, -0.2) is 0 Å². The summed E-state index contributed by atoms with van der Waals surface area (Å²) in [5.41, 5.74) is 1.26. The van der Waals surface area contributed by atoms with Crippen molar-refractivity contribution in [2.24, 2.45) is 0 Å². The Hall–Kier alpha value is -0.940. The van der Waals surface area contributed by atoms with Crippen molar-refractivity contribution in [3.63, 3.8) is 0 Å². The number of thioether (sulfide) groups is 2. The molecule has 84 valence electrons. The van der Waals surface area contributed by atoms with Crippen LogP contribution in [-0.4, -0.2) is 16.5 Å². The van der Waals surface area contributed by atoms with Crippen molar-refractivity contribution in [1.29, 1.82) is 0 Å². The number of nitrogens with zero attached hydrogens (tertiary/aromatic N) is 2. The van der Waals surface area contributed by atoms with E-state index in [1.54, 1.807) is 23.5 Å². The normalized spacial score (nSPS) is 10.6. The van der Waals surface area contributed by atoms with Gasteiger partial charge in [-0.05, 0) is 11.8 Å². The molecule has 0 saturated heterocycles. The molecule has 0 unspecified atom stereocenters. The van der Waals surface area contributed by atoms with Crippen molar-refractivity contribution < 1.29 is 4.42 Å². The second-order valence-electron chi connectivity index (χ2n) is 3.17. The highest BCUT2D eigenvalue weighted by atomic mass is 32.2. The van der Waals surface area contributed by atoms with Gasteiger partial charge in [-0.15, -0.1) is 10.2 Å². The van der Waals surface area contributed by atoms with Crippen LogP contribution in [0.1, 0.15) is 11.5 Å². The van der Waals surface area contributed by atoms with Crippen molar-refractivity contribution in [1.82, 2.24) is 10.2 Å². The molecule has 0 spiro atoms. The molecule has 0 aliphatic rings. The Labute approximate surface area is 103 Å². The largest absolute Gasteiger partial charge is 0.415 e. The molecule has 0 bridgehead atoms. The lowest BCUT2D eigenvalue weighted by Gasteiger charge is -1.96. The summed E-state index contributed by atoms with van der Waals surface area (Å²) in [5, 5.41) is 8.59. The number of rotatable bonds is 5. The van der Waals surface area contributed by atoms with Crippen molar-refractivity contribution in [3.05, 3.63) is 41.8 Å². The van der Waals surface area contributed by atoms with E-state index in [1.165, 1.54) is 5.56 Å². The number of hydrogen-bond donors (Lipinski definition) is 0. The molecular formula is C11H12N2OS2. The molecule has 0 fully saturated rings. The highest BCUT2D eigenvalue weighted by Gasteiger charge is 2.05. The van der Waals surface area contributed by atoms with E-state index < -0.39 is 0 Å². The van der Waals surface area contributed by atoms with E-state index in [0.29, 0.717) is 11.1 Å². The van der Waals surface area contributed by atoms with Gasteiger partial charge >= 0.3 is 0 Å². The monoisotopic (exact) mass is 252 g/mol. The van der Waals surface area contributed by atoms with E-state index in [0.717, 1.165) is 11.5 Å². The predicted molar refractivity (Wildman–Crippen MR) is 67.5 cm³/mol. The third-order valence-electron chi connectivity index (χ3n) is 1.92. The molecule has 0 aliphatic heterocycles. The Bertz CT molecular complexity index is 431. The second-order valence-corrected chi connectivity index (χ2v) is 4.96. The molecule has 0 radical (unpaired) electrons. The van der Waals surface area contributed by atoms with Crippen LogP contribution in [-0.2, 0) is 11.5 Å². The molecule has 1 aromatic carbocycles. The highest BCUT2D eigenvalue weighted by molar-refractivity contribution is 7.98. The molecule has 1 heterocycles. The van der Waals surface area contributed by atoms with Gasteiger partial charge < -0.3 is 4.42 Å². The molecule has 2 aromatic rings. The van der Waals surface area contributed by atoms with Crippen LogP contribution in [0, 0.1) is 0 Å². The van der Waals surface area contributed by atoms with Gasteiger partial charge in [0.15, 0.2) is 0 Å². The van der Waals surface area contributed by atoms with Crippen LogP contribution in [0.25, 0.3) is 0 Å². The fourth-order valence-electron chi connectivity index (χ4n) is 1.20. The van der Waals surface area contributed by atoms with Crippen LogP contribution in [0.4, 0.5) is 0 Å². The van der Waals surface area contributed by atoms with Crippen molar-refractivity contribution >= 4 is 23.5 Å². The van der Waals surface area contributed by atoms with Crippen LogP contribution in [0.5, 0.6) is 0 Å². The molecule has 0 aliphatic carbocycles. The topological polar surface area (TPSA) is 38.9 Å². The molecule has 2 rings (SSSR count). The maximum absolute atomic E-state index is 5.47. The average Bonchev–Trinajstić information content (AvgIpc) is 2.76. The highest BCUT2D eigenvalue weighted by Crippen LogP contribution is 2.22. The summed E-state index contributed by atoms with van der Waals surface area (Å²) in [5.74, 6) is 2.34. The van der Waals surface area contributed by atoms with Gasteiger partial charge in [0.1, 0.15) is 0 Å². The summed E-state index contributed by atoms with van der Waals surface area (Å²) in [6, 6.07) is 10.3. The SMILES string of the molecule is CSCc1nnc(SCc2ccccc2)o1. The first-order valence-electron chi connectivity index (χ1n) is 4.86. The summed E-state index contributed by atoms with van der Waals surface area (Å²) in [4.78, 5) is 0. The van der Waals surface area contributed by atoms with Gasteiger partial charge in [-0.3, -0.25) is 0 Å². The minimum absolute atomic E-state index is 0.646. The molecule has 5 heteroatoms. The number of benzene rings is 1. The van der Waals surface area contributed by atoms with Crippen LogP contribution in [0.2, 0.25) is 0 Å². The Morgan fingerprint density at radius 2 is 1.94 bits per heavy atom. The van der Waals surface area contributed by atoms with Crippen LogP contribution in [0.15, 0.2) is 40.0 Å². The molecule has 3 nitrogen and oxygen atoms in total. The summed E-state index contributed by atoms with van der Waals surface area (Å²) < 4.78 is 5.47. The van der Waals surface area contributed by atoms with Gasteiger partial charge in [0.25, 0.3) is 5.22 Å². The number of aromatic nitrogens is 2. The summed E-state index contributed by atoms with van der Waals surface area (Å²) in [6.07, 6.45) is 2.01. The van der Waals surface area contributed by atoms with E-state index in [9.17, 15) is 0 Å². The quantitative estimate of drug-likeness (QED) is 0.764. The van der Waals surface area contributed by atoms with Gasteiger partial charge in [-0.2, -0.15) is 11.8 Å². The first-order valence-corrected chi connectivity index (χ1v) is 7.24.